The number of benzene rings is 1. The Hall–Kier alpha value is -2.86. The van der Waals surface area contributed by atoms with Gasteiger partial charge < -0.3 is 24.6 Å². The molecule has 2 rings (SSSR count). The van der Waals surface area contributed by atoms with Gasteiger partial charge in [0, 0.05) is 18.8 Å². The van der Waals surface area contributed by atoms with Crippen LogP contribution in [0.15, 0.2) is 28.4 Å². The van der Waals surface area contributed by atoms with Crippen LogP contribution in [0.1, 0.15) is 16.7 Å². The molecular formula is C22H27N5O4S. The number of aliphatic hydroxyl groups is 2. The zero-order valence-corrected chi connectivity index (χ0v) is 19.1. The lowest BCUT2D eigenvalue weighted by atomic mass is 10.1. The van der Waals surface area contributed by atoms with E-state index in [-0.39, 0.29) is 26.4 Å². The van der Waals surface area contributed by atoms with Gasteiger partial charge in [-0.1, -0.05) is 0 Å². The Bertz CT molecular complexity index is 981. The molecule has 0 atom stereocenters. The number of aryl methyl sites for hydroxylation is 1. The van der Waals surface area contributed by atoms with Crippen LogP contribution in [0, 0.1) is 31.8 Å². The lowest BCUT2D eigenvalue weighted by molar-refractivity contribution is 0.0884. The molecule has 2 N–H and O–H groups in total. The fourth-order valence-corrected chi connectivity index (χ4v) is 3.76. The molecule has 1 aromatic heterocycles. The third-order valence-corrected chi connectivity index (χ3v) is 5.66. The van der Waals surface area contributed by atoms with E-state index in [4.69, 9.17) is 26.3 Å². The van der Waals surface area contributed by atoms with E-state index in [9.17, 15) is 5.26 Å². The highest BCUT2D eigenvalue weighted by atomic mass is 32.1. The maximum atomic E-state index is 9.36. The summed E-state index contributed by atoms with van der Waals surface area (Å²) in [6.45, 7) is 13.6. The SMILES string of the molecule is [C-]#[N+]c1sc(N=Nc2ccc(N(CCOCCO)CCOCCO)cc2C)c(C#N)c1C. The molecule has 0 radical (unpaired) electrons. The van der Waals surface area contributed by atoms with Crippen molar-refractivity contribution in [1.29, 1.82) is 5.26 Å². The number of hydrogen-bond donors (Lipinski definition) is 2. The minimum absolute atomic E-state index is 0.0208. The molecule has 0 aliphatic carbocycles. The molecule has 1 heterocycles. The summed E-state index contributed by atoms with van der Waals surface area (Å²) in [4.78, 5) is 5.54. The average molecular weight is 458 g/mol. The highest BCUT2D eigenvalue weighted by molar-refractivity contribution is 7.20. The molecule has 1 aromatic carbocycles. The van der Waals surface area contributed by atoms with E-state index in [0.29, 0.717) is 53.1 Å². The van der Waals surface area contributed by atoms with Gasteiger partial charge in [0.1, 0.15) is 11.1 Å². The maximum absolute atomic E-state index is 9.36. The Morgan fingerprint density at radius 1 is 1.09 bits per heavy atom. The highest BCUT2D eigenvalue weighted by Gasteiger charge is 2.14. The Kier molecular flexibility index (Phi) is 10.7. The molecule has 0 fully saturated rings. The third-order valence-electron chi connectivity index (χ3n) is 4.59. The van der Waals surface area contributed by atoms with E-state index in [0.717, 1.165) is 22.6 Å². The summed E-state index contributed by atoms with van der Waals surface area (Å²) in [6, 6.07) is 7.87. The number of hydrogen-bond acceptors (Lipinski definition) is 9. The van der Waals surface area contributed by atoms with Crippen LogP contribution in [0.4, 0.5) is 21.4 Å². The van der Waals surface area contributed by atoms with Crippen LogP contribution >= 0.6 is 11.3 Å². The predicted octanol–water partition coefficient (Wildman–Crippen LogP) is 4.03. The molecule has 0 bridgehead atoms. The van der Waals surface area contributed by atoms with E-state index in [1.165, 1.54) is 0 Å². The van der Waals surface area contributed by atoms with Crippen molar-refractivity contribution in [2.75, 3.05) is 57.6 Å². The molecule has 0 aliphatic heterocycles. The monoisotopic (exact) mass is 457 g/mol. The number of rotatable bonds is 13. The van der Waals surface area contributed by atoms with Gasteiger partial charge >= 0.3 is 0 Å². The van der Waals surface area contributed by atoms with Crippen molar-refractivity contribution in [3.63, 3.8) is 0 Å². The molecule has 0 unspecified atom stereocenters. The number of azo groups is 1. The first-order valence-electron chi connectivity index (χ1n) is 10.1. The van der Waals surface area contributed by atoms with Crippen molar-refractivity contribution in [3.8, 4) is 6.07 Å². The molecule has 32 heavy (non-hydrogen) atoms. The minimum atomic E-state index is -0.0208. The Morgan fingerprint density at radius 3 is 2.28 bits per heavy atom. The second kappa shape index (κ2) is 13.5. The summed E-state index contributed by atoms with van der Waals surface area (Å²) in [6.07, 6.45) is 0. The highest BCUT2D eigenvalue weighted by Crippen LogP contribution is 2.41. The van der Waals surface area contributed by atoms with Crippen LogP contribution in [0.2, 0.25) is 0 Å². The molecule has 2 aromatic rings. The normalized spacial score (nSPS) is 10.9. The first-order valence-corrected chi connectivity index (χ1v) is 10.9. The van der Waals surface area contributed by atoms with Crippen LogP contribution in [-0.2, 0) is 9.47 Å². The van der Waals surface area contributed by atoms with E-state index < -0.39 is 0 Å². The van der Waals surface area contributed by atoms with Crippen LogP contribution in [-0.4, -0.2) is 62.9 Å². The topological polar surface area (TPSA) is 115 Å². The smallest absolute Gasteiger partial charge is 0.247 e. The predicted molar refractivity (Wildman–Crippen MR) is 123 cm³/mol. The molecule has 0 saturated carbocycles. The lowest BCUT2D eigenvalue weighted by Gasteiger charge is -2.25. The van der Waals surface area contributed by atoms with Gasteiger partial charge in [0.15, 0.2) is 0 Å². The molecule has 0 spiro atoms. The van der Waals surface area contributed by atoms with Crippen LogP contribution in [0.3, 0.4) is 0 Å². The summed E-state index contributed by atoms with van der Waals surface area (Å²) in [5.41, 5.74) is 3.55. The minimum Gasteiger partial charge on any atom is -0.394 e. The zero-order valence-electron chi connectivity index (χ0n) is 18.2. The average Bonchev–Trinajstić information content (AvgIpc) is 3.11. The van der Waals surface area contributed by atoms with Crippen molar-refractivity contribution in [2.24, 2.45) is 10.2 Å². The van der Waals surface area contributed by atoms with Crippen molar-refractivity contribution in [3.05, 3.63) is 46.3 Å². The molecule has 0 aliphatic rings. The van der Waals surface area contributed by atoms with Gasteiger partial charge in [-0.3, -0.25) is 0 Å². The second-order valence-electron chi connectivity index (χ2n) is 6.77. The number of nitriles is 1. The number of nitrogens with zero attached hydrogens (tertiary/aromatic N) is 5. The van der Waals surface area contributed by atoms with E-state index in [1.807, 2.05) is 25.1 Å². The lowest BCUT2D eigenvalue weighted by Crippen LogP contribution is -2.31. The third kappa shape index (κ3) is 7.09. The fraction of sp³-hybridized carbons (Fsp3) is 0.455. The first kappa shape index (κ1) is 25.4. The Balaban J connectivity index is 2.17. The van der Waals surface area contributed by atoms with Crippen molar-refractivity contribution < 1.29 is 19.7 Å². The van der Waals surface area contributed by atoms with Crippen LogP contribution in [0.5, 0.6) is 0 Å². The number of aliphatic hydroxyl groups excluding tert-OH is 2. The Morgan fingerprint density at radius 2 is 1.75 bits per heavy atom. The molecule has 9 nitrogen and oxygen atoms in total. The van der Waals surface area contributed by atoms with Gasteiger partial charge in [-0.2, -0.15) is 5.26 Å². The summed E-state index contributed by atoms with van der Waals surface area (Å²) in [5.74, 6) is 0. The van der Waals surface area contributed by atoms with Crippen LogP contribution < -0.4 is 4.90 Å². The first-order chi connectivity index (χ1) is 15.5. The molecule has 0 amide bonds. The van der Waals surface area contributed by atoms with Crippen molar-refractivity contribution in [1.82, 2.24) is 0 Å². The van der Waals surface area contributed by atoms with Gasteiger partial charge in [0.2, 0.25) is 5.00 Å². The van der Waals surface area contributed by atoms with Crippen molar-refractivity contribution in [2.45, 2.75) is 13.8 Å². The molecule has 0 saturated heterocycles. The van der Waals surface area contributed by atoms with E-state index in [2.05, 4.69) is 26.0 Å². The van der Waals surface area contributed by atoms with Gasteiger partial charge in [0.25, 0.3) is 0 Å². The fourth-order valence-electron chi connectivity index (χ4n) is 2.90. The summed E-state index contributed by atoms with van der Waals surface area (Å²) in [7, 11) is 0. The van der Waals surface area contributed by atoms with Crippen LogP contribution in [0.25, 0.3) is 4.85 Å². The summed E-state index contributed by atoms with van der Waals surface area (Å²) in [5, 5.41) is 36.5. The van der Waals surface area contributed by atoms with Gasteiger partial charge in [0.05, 0.1) is 57.5 Å². The Labute approximate surface area is 192 Å². The summed E-state index contributed by atoms with van der Waals surface area (Å²) < 4.78 is 10.8. The zero-order chi connectivity index (χ0) is 23.3. The quantitative estimate of drug-likeness (QED) is 0.267. The van der Waals surface area contributed by atoms with Gasteiger partial charge in [-0.15, -0.1) is 21.6 Å². The number of anilines is 1. The number of ether oxygens (including phenoxy) is 2. The van der Waals surface area contributed by atoms with E-state index >= 15 is 0 Å². The van der Waals surface area contributed by atoms with Crippen molar-refractivity contribution >= 4 is 32.7 Å². The number of thiophene rings is 1. The maximum Gasteiger partial charge on any atom is 0.247 e. The van der Waals surface area contributed by atoms with Gasteiger partial charge in [-0.25, -0.2) is 4.85 Å². The second-order valence-corrected chi connectivity index (χ2v) is 7.74. The molecular weight excluding hydrogens is 430 g/mol. The summed E-state index contributed by atoms with van der Waals surface area (Å²) >= 11 is 1.16. The molecule has 10 heteroatoms. The van der Waals surface area contributed by atoms with Gasteiger partial charge in [-0.05, 0) is 43.2 Å². The van der Waals surface area contributed by atoms with E-state index in [1.54, 1.807) is 6.92 Å². The largest absolute Gasteiger partial charge is 0.394 e. The standard InChI is InChI=1S/C22H27N5O4S/c1-16-14-18(27(6-10-30-12-8-28)7-11-31-13-9-29)4-5-20(16)25-26-22-19(15-23)17(2)21(24-3)32-22/h4-5,14,28-29H,6-13H2,1-2H3. The molecule has 170 valence electrons.